The third-order valence-corrected chi connectivity index (χ3v) is 5.37. The van der Waals surface area contributed by atoms with Gasteiger partial charge in [0.05, 0.1) is 0 Å². The van der Waals surface area contributed by atoms with Crippen molar-refractivity contribution in [2.75, 3.05) is 6.79 Å². The van der Waals surface area contributed by atoms with E-state index in [1.807, 2.05) is 46.9 Å². The zero-order chi connectivity index (χ0) is 19.8. The summed E-state index contributed by atoms with van der Waals surface area (Å²) in [4.78, 5) is 12.6. The van der Waals surface area contributed by atoms with Crippen molar-refractivity contribution >= 4 is 27.5 Å². The highest BCUT2D eigenvalue weighted by molar-refractivity contribution is 9.10. The lowest BCUT2D eigenvalue weighted by Crippen LogP contribution is -2.22. The number of aromatic nitrogens is 3. The van der Waals surface area contributed by atoms with Crippen molar-refractivity contribution in [1.29, 1.82) is 0 Å². The Labute approximate surface area is 174 Å². The lowest BCUT2D eigenvalue weighted by molar-refractivity contribution is 0.0951. The van der Waals surface area contributed by atoms with Crippen LogP contribution in [0.15, 0.2) is 65.3 Å². The third kappa shape index (κ3) is 3.31. The second-order valence-corrected chi connectivity index (χ2v) is 7.37. The van der Waals surface area contributed by atoms with E-state index in [0.29, 0.717) is 29.3 Å². The molecule has 144 valence electrons. The van der Waals surface area contributed by atoms with E-state index in [1.54, 1.807) is 18.3 Å². The fourth-order valence-corrected chi connectivity index (χ4v) is 3.66. The summed E-state index contributed by atoms with van der Waals surface area (Å²) >= 11 is 3.54. The highest BCUT2D eigenvalue weighted by Gasteiger charge is 2.15. The van der Waals surface area contributed by atoms with Crippen LogP contribution in [0.1, 0.15) is 15.9 Å². The molecule has 0 aliphatic carbocycles. The second-order valence-electron chi connectivity index (χ2n) is 6.52. The van der Waals surface area contributed by atoms with Crippen molar-refractivity contribution in [3.8, 4) is 22.9 Å². The number of ether oxygens (including phenoxy) is 2. The first-order chi connectivity index (χ1) is 14.2. The Morgan fingerprint density at radius 1 is 1.07 bits per heavy atom. The molecular weight excluding hydrogens is 436 g/mol. The molecule has 1 N–H and O–H groups in total. The van der Waals surface area contributed by atoms with Gasteiger partial charge in [0.1, 0.15) is 0 Å². The van der Waals surface area contributed by atoms with E-state index in [0.717, 1.165) is 21.3 Å². The molecule has 2 aromatic carbocycles. The van der Waals surface area contributed by atoms with Crippen LogP contribution in [0.3, 0.4) is 0 Å². The first kappa shape index (κ1) is 17.7. The minimum absolute atomic E-state index is 0.185. The average Bonchev–Trinajstić information content (AvgIpc) is 3.38. The molecule has 1 amide bonds. The van der Waals surface area contributed by atoms with E-state index in [-0.39, 0.29) is 12.7 Å². The summed E-state index contributed by atoms with van der Waals surface area (Å²) in [5, 5.41) is 11.4. The SMILES string of the molecule is O=C(NCc1ccc2c(c1)OCO2)c1ccn2c(-c3ccccc3Br)nnc2c1. The number of hydrogen-bond donors (Lipinski definition) is 1. The number of carbonyl (C=O) groups excluding carboxylic acids is 1. The fraction of sp³-hybridized carbons (Fsp3) is 0.0952. The second kappa shape index (κ2) is 7.21. The van der Waals surface area contributed by atoms with Gasteiger partial charge < -0.3 is 14.8 Å². The van der Waals surface area contributed by atoms with Crippen molar-refractivity contribution in [2.24, 2.45) is 0 Å². The van der Waals surface area contributed by atoms with Gasteiger partial charge in [0.25, 0.3) is 5.91 Å². The Hall–Kier alpha value is -3.39. The number of fused-ring (bicyclic) bond motifs is 2. The van der Waals surface area contributed by atoms with Gasteiger partial charge in [-0.15, -0.1) is 10.2 Å². The van der Waals surface area contributed by atoms with Crippen molar-refractivity contribution < 1.29 is 14.3 Å². The average molecular weight is 451 g/mol. The number of benzene rings is 2. The minimum Gasteiger partial charge on any atom is -0.454 e. The molecule has 0 fully saturated rings. The summed E-state index contributed by atoms with van der Waals surface area (Å²) in [6, 6.07) is 16.9. The maximum absolute atomic E-state index is 12.6. The first-order valence-corrected chi connectivity index (χ1v) is 9.75. The number of amides is 1. The molecule has 0 radical (unpaired) electrons. The Bertz CT molecular complexity index is 1240. The van der Waals surface area contributed by atoms with E-state index in [4.69, 9.17) is 9.47 Å². The fourth-order valence-electron chi connectivity index (χ4n) is 3.19. The maximum atomic E-state index is 12.6. The molecule has 29 heavy (non-hydrogen) atoms. The number of nitrogens with one attached hydrogen (secondary N) is 1. The van der Waals surface area contributed by atoms with Gasteiger partial charge in [0.15, 0.2) is 23.0 Å². The predicted octanol–water partition coefficient (Wildman–Crippen LogP) is 3.82. The summed E-state index contributed by atoms with van der Waals surface area (Å²) < 4.78 is 13.5. The molecular formula is C21H15BrN4O3. The molecule has 2 aromatic heterocycles. The first-order valence-electron chi connectivity index (χ1n) is 8.95. The molecule has 1 aliphatic rings. The topological polar surface area (TPSA) is 77.8 Å². The molecule has 0 saturated carbocycles. The van der Waals surface area contributed by atoms with Gasteiger partial charge in [0, 0.05) is 28.3 Å². The van der Waals surface area contributed by atoms with Crippen LogP contribution < -0.4 is 14.8 Å². The molecule has 7 nitrogen and oxygen atoms in total. The molecule has 4 aromatic rings. The summed E-state index contributed by atoms with van der Waals surface area (Å²) in [5.41, 5.74) is 2.98. The zero-order valence-electron chi connectivity index (χ0n) is 15.1. The Balaban J connectivity index is 1.35. The molecule has 3 heterocycles. The smallest absolute Gasteiger partial charge is 0.251 e. The van der Waals surface area contributed by atoms with E-state index in [1.165, 1.54) is 0 Å². The number of pyridine rings is 1. The van der Waals surface area contributed by atoms with Gasteiger partial charge >= 0.3 is 0 Å². The highest BCUT2D eigenvalue weighted by Crippen LogP contribution is 2.32. The third-order valence-electron chi connectivity index (χ3n) is 4.68. The summed E-state index contributed by atoms with van der Waals surface area (Å²) in [5.74, 6) is 1.94. The maximum Gasteiger partial charge on any atom is 0.251 e. The monoisotopic (exact) mass is 450 g/mol. The standard InChI is InChI=1S/C21H15BrN4O3/c22-16-4-2-1-3-15(16)20-25-24-19-10-14(7-8-26(19)20)21(27)23-11-13-5-6-17-18(9-13)29-12-28-17/h1-10H,11-12H2,(H,23,27). The minimum atomic E-state index is -0.185. The van der Waals surface area contributed by atoms with Gasteiger partial charge in [-0.25, -0.2) is 0 Å². The normalized spacial score (nSPS) is 12.3. The van der Waals surface area contributed by atoms with Crippen LogP contribution in [0, 0.1) is 0 Å². The molecule has 8 heteroatoms. The van der Waals surface area contributed by atoms with Gasteiger partial charge in [-0.2, -0.15) is 0 Å². The van der Waals surface area contributed by atoms with E-state index < -0.39 is 0 Å². The van der Waals surface area contributed by atoms with Crippen LogP contribution in [-0.2, 0) is 6.54 Å². The molecule has 0 unspecified atom stereocenters. The summed E-state index contributed by atoms with van der Waals surface area (Å²) in [7, 11) is 0. The van der Waals surface area contributed by atoms with Crippen LogP contribution in [0.4, 0.5) is 0 Å². The van der Waals surface area contributed by atoms with E-state index in [9.17, 15) is 4.79 Å². The van der Waals surface area contributed by atoms with Crippen LogP contribution in [-0.4, -0.2) is 27.3 Å². The number of carbonyl (C=O) groups is 1. The van der Waals surface area contributed by atoms with Gasteiger partial charge in [-0.3, -0.25) is 9.20 Å². The Morgan fingerprint density at radius 3 is 2.83 bits per heavy atom. The van der Waals surface area contributed by atoms with E-state index >= 15 is 0 Å². The highest BCUT2D eigenvalue weighted by atomic mass is 79.9. The predicted molar refractivity (Wildman–Crippen MR) is 110 cm³/mol. The largest absolute Gasteiger partial charge is 0.454 e. The Kier molecular flexibility index (Phi) is 4.40. The molecule has 0 atom stereocenters. The summed E-state index contributed by atoms with van der Waals surface area (Å²) in [6.45, 7) is 0.612. The van der Waals surface area contributed by atoms with Crippen molar-refractivity contribution in [1.82, 2.24) is 19.9 Å². The van der Waals surface area contributed by atoms with Crippen molar-refractivity contribution in [2.45, 2.75) is 6.54 Å². The number of rotatable bonds is 4. The molecule has 5 rings (SSSR count). The zero-order valence-corrected chi connectivity index (χ0v) is 16.7. The van der Waals surface area contributed by atoms with Gasteiger partial charge in [-0.05, 0) is 35.9 Å². The van der Waals surface area contributed by atoms with E-state index in [2.05, 4.69) is 31.4 Å². The Morgan fingerprint density at radius 2 is 1.93 bits per heavy atom. The van der Waals surface area contributed by atoms with Crippen LogP contribution in [0.25, 0.3) is 17.0 Å². The molecule has 0 spiro atoms. The molecule has 1 aliphatic heterocycles. The van der Waals surface area contributed by atoms with Gasteiger partial charge in [-0.1, -0.05) is 40.2 Å². The van der Waals surface area contributed by atoms with Crippen molar-refractivity contribution in [3.05, 3.63) is 76.4 Å². The number of nitrogens with zero attached hydrogens (tertiary/aromatic N) is 3. The molecule has 0 bridgehead atoms. The van der Waals surface area contributed by atoms with Crippen LogP contribution in [0.5, 0.6) is 11.5 Å². The van der Waals surface area contributed by atoms with Crippen LogP contribution >= 0.6 is 15.9 Å². The summed E-state index contributed by atoms with van der Waals surface area (Å²) in [6.07, 6.45) is 1.81. The number of halogens is 1. The number of hydrogen-bond acceptors (Lipinski definition) is 5. The lowest BCUT2D eigenvalue weighted by Gasteiger charge is -2.07. The van der Waals surface area contributed by atoms with Crippen molar-refractivity contribution in [3.63, 3.8) is 0 Å². The quantitative estimate of drug-likeness (QED) is 0.511. The van der Waals surface area contributed by atoms with Gasteiger partial charge in [0.2, 0.25) is 6.79 Å². The molecule has 0 saturated heterocycles. The lowest BCUT2D eigenvalue weighted by atomic mass is 10.2. The van der Waals surface area contributed by atoms with Crippen LogP contribution in [0.2, 0.25) is 0 Å².